The number of nitrogens with one attached hydrogen (secondary N) is 1. The van der Waals surface area contributed by atoms with Crippen LogP contribution in [-0.2, 0) is 0 Å². The highest BCUT2D eigenvalue weighted by Crippen LogP contribution is 2.29. The van der Waals surface area contributed by atoms with Crippen LogP contribution in [0.3, 0.4) is 0 Å². The minimum absolute atomic E-state index is 0.467. The highest BCUT2D eigenvalue weighted by molar-refractivity contribution is 5.71. The molecule has 1 aromatic carbocycles. The zero-order valence-electron chi connectivity index (χ0n) is 12.4. The van der Waals surface area contributed by atoms with E-state index in [-0.39, 0.29) is 0 Å². The van der Waals surface area contributed by atoms with Crippen molar-refractivity contribution in [1.29, 1.82) is 0 Å². The van der Waals surface area contributed by atoms with Gasteiger partial charge in [-0.15, -0.1) is 13.2 Å². The normalized spacial score (nSPS) is 9.75. The van der Waals surface area contributed by atoms with E-state index in [9.17, 15) is 4.79 Å². The molecule has 0 heterocycles. The third-order valence-corrected chi connectivity index (χ3v) is 2.89. The number of nitrogens with zero attached hydrogens (tertiary/aromatic N) is 1. The van der Waals surface area contributed by atoms with E-state index in [1.165, 1.54) is 7.05 Å². The van der Waals surface area contributed by atoms with E-state index in [2.05, 4.69) is 23.4 Å². The molecule has 0 spiro atoms. The molecule has 0 radical (unpaired) electrons. The van der Waals surface area contributed by atoms with Crippen molar-refractivity contribution in [1.82, 2.24) is 5.32 Å². The highest BCUT2D eigenvalue weighted by Gasteiger charge is 2.13. The standard InChI is InChI=1S/C16H22N2O2/c1-6-8-18(9-7-2)15-12(3)10-14(11-13(15)4)20-16(19)17-5/h6-7,10-11H,1-2,8-9H2,3-5H3,(H,17,19). The van der Waals surface area contributed by atoms with Crippen LogP contribution in [-0.4, -0.2) is 26.2 Å². The van der Waals surface area contributed by atoms with Crippen LogP contribution in [0.15, 0.2) is 37.4 Å². The molecule has 0 saturated heterocycles. The number of benzene rings is 1. The number of aryl methyl sites for hydroxylation is 2. The molecule has 1 amide bonds. The van der Waals surface area contributed by atoms with E-state index in [0.717, 1.165) is 29.9 Å². The Bertz CT molecular complexity index is 476. The highest BCUT2D eigenvalue weighted by atomic mass is 16.5. The molecule has 4 nitrogen and oxygen atoms in total. The quantitative estimate of drug-likeness (QED) is 0.810. The predicted octanol–water partition coefficient (Wildman–Crippen LogP) is 3.20. The van der Waals surface area contributed by atoms with Crippen LogP contribution >= 0.6 is 0 Å². The molecule has 20 heavy (non-hydrogen) atoms. The van der Waals surface area contributed by atoms with Gasteiger partial charge in [0.1, 0.15) is 5.75 Å². The Morgan fingerprint density at radius 2 is 1.75 bits per heavy atom. The monoisotopic (exact) mass is 274 g/mol. The second kappa shape index (κ2) is 7.38. The first-order valence-corrected chi connectivity index (χ1v) is 6.51. The summed E-state index contributed by atoms with van der Waals surface area (Å²) in [7, 11) is 1.53. The average Bonchev–Trinajstić information content (AvgIpc) is 2.38. The molecule has 0 unspecified atom stereocenters. The summed E-state index contributed by atoms with van der Waals surface area (Å²) in [5.41, 5.74) is 3.22. The van der Waals surface area contributed by atoms with Crippen LogP contribution in [0.1, 0.15) is 11.1 Å². The van der Waals surface area contributed by atoms with Gasteiger partial charge in [-0.25, -0.2) is 4.79 Å². The van der Waals surface area contributed by atoms with Crippen molar-refractivity contribution in [2.24, 2.45) is 0 Å². The molecular formula is C16H22N2O2. The molecule has 0 saturated carbocycles. The van der Waals surface area contributed by atoms with Crippen molar-refractivity contribution in [2.45, 2.75) is 13.8 Å². The Morgan fingerprint density at radius 3 is 2.15 bits per heavy atom. The topological polar surface area (TPSA) is 41.6 Å². The number of ether oxygens (including phenoxy) is 1. The average molecular weight is 274 g/mol. The van der Waals surface area contributed by atoms with Crippen LogP contribution in [0.5, 0.6) is 5.75 Å². The molecule has 0 aliphatic rings. The lowest BCUT2D eigenvalue weighted by molar-refractivity contribution is 0.203. The fraction of sp³-hybridized carbons (Fsp3) is 0.312. The molecule has 4 heteroatoms. The third kappa shape index (κ3) is 3.88. The van der Waals surface area contributed by atoms with Gasteiger partial charge in [-0.05, 0) is 37.1 Å². The van der Waals surface area contributed by atoms with E-state index in [1.807, 2.05) is 38.1 Å². The van der Waals surface area contributed by atoms with Gasteiger partial charge >= 0.3 is 6.09 Å². The second-order valence-corrected chi connectivity index (χ2v) is 4.53. The lowest BCUT2D eigenvalue weighted by atomic mass is 10.1. The zero-order valence-corrected chi connectivity index (χ0v) is 12.4. The molecule has 0 aliphatic carbocycles. The van der Waals surface area contributed by atoms with Crippen LogP contribution in [0.2, 0.25) is 0 Å². The van der Waals surface area contributed by atoms with Crippen molar-refractivity contribution in [3.63, 3.8) is 0 Å². The fourth-order valence-electron chi connectivity index (χ4n) is 2.20. The van der Waals surface area contributed by atoms with Gasteiger partial charge in [0, 0.05) is 25.8 Å². The van der Waals surface area contributed by atoms with Gasteiger partial charge in [-0.3, -0.25) is 0 Å². The summed E-state index contributed by atoms with van der Waals surface area (Å²) in [4.78, 5) is 13.4. The van der Waals surface area contributed by atoms with Gasteiger partial charge in [-0.2, -0.15) is 0 Å². The molecule has 108 valence electrons. The number of anilines is 1. The van der Waals surface area contributed by atoms with E-state index >= 15 is 0 Å². The van der Waals surface area contributed by atoms with Gasteiger partial charge in [0.2, 0.25) is 0 Å². The number of hydrogen-bond donors (Lipinski definition) is 1. The Hall–Kier alpha value is -2.23. The van der Waals surface area contributed by atoms with Gasteiger partial charge in [0.05, 0.1) is 0 Å². The molecule has 0 aliphatic heterocycles. The second-order valence-electron chi connectivity index (χ2n) is 4.53. The van der Waals surface area contributed by atoms with Gasteiger partial charge in [-0.1, -0.05) is 12.2 Å². The lowest BCUT2D eigenvalue weighted by Crippen LogP contribution is -2.25. The first kappa shape index (κ1) is 15.8. The van der Waals surface area contributed by atoms with E-state index in [0.29, 0.717) is 5.75 Å². The Morgan fingerprint density at radius 1 is 1.25 bits per heavy atom. The molecular weight excluding hydrogens is 252 g/mol. The molecule has 0 atom stereocenters. The largest absolute Gasteiger partial charge is 0.412 e. The molecule has 0 fully saturated rings. The van der Waals surface area contributed by atoms with Gasteiger partial charge in [0.15, 0.2) is 0 Å². The first-order valence-electron chi connectivity index (χ1n) is 6.51. The number of carbonyl (C=O) groups excluding carboxylic acids is 1. The van der Waals surface area contributed by atoms with E-state index < -0.39 is 6.09 Å². The van der Waals surface area contributed by atoms with Crippen LogP contribution in [0, 0.1) is 13.8 Å². The summed E-state index contributed by atoms with van der Waals surface area (Å²) < 4.78 is 5.17. The minimum Gasteiger partial charge on any atom is -0.410 e. The molecule has 0 bridgehead atoms. The number of amides is 1. The van der Waals surface area contributed by atoms with Crippen molar-refractivity contribution in [3.8, 4) is 5.75 Å². The molecule has 1 N–H and O–H groups in total. The Balaban J connectivity index is 3.12. The number of carbonyl (C=O) groups is 1. The third-order valence-electron chi connectivity index (χ3n) is 2.89. The summed E-state index contributed by atoms with van der Waals surface area (Å²) in [5, 5.41) is 2.43. The van der Waals surface area contributed by atoms with Crippen LogP contribution in [0.25, 0.3) is 0 Å². The number of rotatable bonds is 6. The first-order chi connectivity index (χ1) is 9.53. The van der Waals surface area contributed by atoms with Crippen molar-refractivity contribution in [2.75, 3.05) is 25.0 Å². The predicted molar refractivity (Wildman–Crippen MR) is 83.6 cm³/mol. The van der Waals surface area contributed by atoms with Crippen molar-refractivity contribution >= 4 is 11.8 Å². The van der Waals surface area contributed by atoms with Crippen molar-refractivity contribution < 1.29 is 9.53 Å². The molecule has 1 rings (SSSR count). The smallest absolute Gasteiger partial charge is 0.410 e. The van der Waals surface area contributed by atoms with Crippen LogP contribution < -0.4 is 15.0 Å². The maximum absolute atomic E-state index is 11.3. The Kier molecular flexibility index (Phi) is 5.84. The molecule has 1 aromatic rings. The number of hydrogen-bond acceptors (Lipinski definition) is 3. The SMILES string of the molecule is C=CCN(CC=C)c1c(C)cc(OC(=O)NC)cc1C. The summed E-state index contributed by atoms with van der Waals surface area (Å²) in [6.07, 6.45) is 3.25. The van der Waals surface area contributed by atoms with Crippen LogP contribution in [0.4, 0.5) is 10.5 Å². The zero-order chi connectivity index (χ0) is 15.1. The Labute approximate surface area is 120 Å². The fourth-order valence-corrected chi connectivity index (χ4v) is 2.20. The van der Waals surface area contributed by atoms with E-state index in [4.69, 9.17) is 4.74 Å². The summed E-state index contributed by atoms with van der Waals surface area (Å²) in [5.74, 6) is 0.542. The summed E-state index contributed by atoms with van der Waals surface area (Å²) >= 11 is 0. The van der Waals surface area contributed by atoms with E-state index in [1.54, 1.807) is 0 Å². The maximum atomic E-state index is 11.3. The lowest BCUT2D eigenvalue weighted by Gasteiger charge is -2.26. The summed E-state index contributed by atoms with van der Waals surface area (Å²) in [6.45, 7) is 13.0. The molecule has 0 aromatic heterocycles. The van der Waals surface area contributed by atoms with Gasteiger partial charge < -0.3 is 15.0 Å². The maximum Gasteiger partial charge on any atom is 0.412 e. The minimum atomic E-state index is -0.467. The van der Waals surface area contributed by atoms with Crippen molar-refractivity contribution in [3.05, 3.63) is 48.6 Å². The summed E-state index contributed by atoms with van der Waals surface area (Å²) in [6, 6.07) is 3.72. The van der Waals surface area contributed by atoms with Gasteiger partial charge in [0.25, 0.3) is 0 Å².